The molecule has 1 amide bonds. The van der Waals surface area contributed by atoms with E-state index in [1.807, 2.05) is 31.2 Å². The van der Waals surface area contributed by atoms with Crippen molar-refractivity contribution in [2.45, 2.75) is 25.8 Å². The highest BCUT2D eigenvalue weighted by Gasteiger charge is 2.54. The van der Waals surface area contributed by atoms with E-state index < -0.39 is 20.7 Å². The molecule has 1 saturated heterocycles. The van der Waals surface area contributed by atoms with Crippen molar-refractivity contribution in [3.05, 3.63) is 35.4 Å². The fraction of sp³-hybridized carbons (Fsp3) is 0.364. The fourth-order valence-electron chi connectivity index (χ4n) is 2.37. The van der Waals surface area contributed by atoms with Crippen molar-refractivity contribution in [1.82, 2.24) is 4.31 Å². The molecule has 1 atom stereocenters. The SMILES string of the molecule is Cc1ccccc1C1(C)CC(=O)N1S(=O)(=O)Cl. The molecule has 1 aliphatic heterocycles. The Labute approximate surface area is 105 Å². The summed E-state index contributed by atoms with van der Waals surface area (Å²) in [7, 11) is 1.26. The predicted octanol–water partition coefficient (Wildman–Crippen LogP) is 1.93. The number of amides is 1. The fourth-order valence-corrected chi connectivity index (χ4v) is 4.01. The van der Waals surface area contributed by atoms with Crippen LogP contribution in [0.15, 0.2) is 24.3 Å². The van der Waals surface area contributed by atoms with Crippen molar-refractivity contribution in [3.63, 3.8) is 0 Å². The zero-order valence-corrected chi connectivity index (χ0v) is 11.0. The third-order valence-electron chi connectivity index (χ3n) is 3.11. The molecule has 4 nitrogen and oxygen atoms in total. The van der Waals surface area contributed by atoms with Crippen molar-refractivity contribution in [2.75, 3.05) is 0 Å². The Hall–Kier alpha value is -1.07. The molecule has 1 aromatic rings. The quantitative estimate of drug-likeness (QED) is 0.611. The van der Waals surface area contributed by atoms with Crippen LogP contribution in [-0.2, 0) is 19.6 Å². The molecule has 1 heterocycles. The molecule has 0 aromatic heterocycles. The van der Waals surface area contributed by atoms with Gasteiger partial charge in [-0.3, -0.25) is 4.79 Å². The second kappa shape index (κ2) is 3.71. The van der Waals surface area contributed by atoms with Crippen molar-refractivity contribution >= 4 is 25.8 Å². The first-order valence-corrected chi connectivity index (χ1v) is 7.37. The number of benzene rings is 1. The van der Waals surface area contributed by atoms with Gasteiger partial charge >= 0.3 is 9.24 Å². The number of aryl methyl sites for hydroxylation is 1. The molecule has 0 N–H and O–H groups in total. The third-order valence-corrected chi connectivity index (χ3v) is 4.57. The Morgan fingerprint density at radius 1 is 1.35 bits per heavy atom. The summed E-state index contributed by atoms with van der Waals surface area (Å²) in [4.78, 5) is 11.4. The summed E-state index contributed by atoms with van der Waals surface area (Å²) in [5.41, 5.74) is 0.889. The molecule has 0 aliphatic carbocycles. The monoisotopic (exact) mass is 273 g/mol. The maximum Gasteiger partial charge on any atom is 0.324 e. The highest BCUT2D eigenvalue weighted by atomic mass is 35.7. The zero-order chi connectivity index (χ0) is 12.8. The Morgan fingerprint density at radius 3 is 2.41 bits per heavy atom. The van der Waals surface area contributed by atoms with Crippen LogP contribution in [0, 0.1) is 6.92 Å². The average molecular weight is 274 g/mol. The van der Waals surface area contributed by atoms with Crippen LogP contribution in [0.4, 0.5) is 0 Å². The smallest absolute Gasteiger partial charge is 0.274 e. The standard InChI is InChI=1S/C11H12ClNO3S/c1-8-5-3-4-6-9(8)11(2)7-10(14)13(11)17(12,15)16/h3-6H,7H2,1-2H3. The van der Waals surface area contributed by atoms with Gasteiger partial charge in [0.2, 0.25) is 5.91 Å². The molecule has 2 rings (SSSR count). The molecule has 0 saturated carbocycles. The molecule has 1 aromatic carbocycles. The van der Waals surface area contributed by atoms with E-state index in [2.05, 4.69) is 0 Å². The van der Waals surface area contributed by atoms with Crippen LogP contribution in [0.1, 0.15) is 24.5 Å². The maximum atomic E-state index is 11.4. The highest BCUT2D eigenvalue weighted by molar-refractivity contribution is 8.12. The summed E-state index contributed by atoms with van der Waals surface area (Å²) in [6, 6.07) is 7.37. The molecule has 1 unspecified atom stereocenters. The van der Waals surface area contributed by atoms with Gasteiger partial charge in [0.15, 0.2) is 0 Å². The molecule has 17 heavy (non-hydrogen) atoms. The normalized spacial score (nSPS) is 24.6. The molecule has 0 bridgehead atoms. The van der Waals surface area contributed by atoms with Crippen molar-refractivity contribution in [3.8, 4) is 0 Å². The lowest BCUT2D eigenvalue weighted by Gasteiger charge is -2.47. The summed E-state index contributed by atoms with van der Waals surface area (Å²) >= 11 is 0. The van der Waals surface area contributed by atoms with Gasteiger partial charge in [0.1, 0.15) is 0 Å². The van der Waals surface area contributed by atoms with Crippen LogP contribution < -0.4 is 0 Å². The minimum Gasteiger partial charge on any atom is -0.274 e. The molecule has 1 fully saturated rings. The summed E-state index contributed by atoms with van der Waals surface area (Å²) in [5, 5.41) is 0. The Morgan fingerprint density at radius 2 is 1.94 bits per heavy atom. The minimum absolute atomic E-state index is 0.157. The molecule has 92 valence electrons. The van der Waals surface area contributed by atoms with Gasteiger partial charge in [-0.25, -0.2) is 4.31 Å². The van der Waals surface area contributed by atoms with Gasteiger partial charge in [0.05, 0.1) is 12.0 Å². The van der Waals surface area contributed by atoms with Gasteiger partial charge in [0.25, 0.3) is 0 Å². The first-order valence-electron chi connectivity index (χ1n) is 5.11. The van der Waals surface area contributed by atoms with Crippen molar-refractivity contribution < 1.29 is 13.2 Å². The van der Waals surface area contributed by atoms with E-state index in [0.717, 1.165) is 15.4 Å². The first-order chi connectivity index (χ1) is 7.77. The van der Waals surface area contributed by atoms with Crippen LogP contribution in [0.2, 0.25) is 0 Å². The van der Waals surface area contributed by atoms with Gasteiger partial charge in [-0.05, 0) is 25.0 Å². The van der Waals surface area contributed by atoms with E-state index in [1.165, 1.54) is 0 Å². The largest absolute Gasteiger partial charge is 0.324 e. The number of rotatable bonds is 2. The number of hydrogen-bond donors (Lipinski definition) is 0. The molecule has 0 radical (unpaired) electrons. The van der Waals surface area contributed by atoms with Crippen LogP contribution >= 0.6 is 10.7 Å². The average Bonchev–Trinajstić information content (AvgIpc) is 2.14. The molecule has 1 aliphatic rings. The zero-order valence-electron chi connectivity index (χ0n) is 9.47. The summed E-state index contributed by atoms with van der Waals surface area (Å²) in [6.07, 6.45) is 0.157. The van der Waals surface area contributed by atoms with Crippen LogP contribution in [0.3, 0.4) is 0 Å². The number of halogens is 1. The van der Waals surface area contributed by atoms with Crippen LogP contribution in [-0.4, -0.2) is 18.6 Å². The third kappa shape index (κ3) is 1.83. The van der Waals surface area contributed by atoms with Gasteiger partial charge in [-0.1, -0.05) is 24.3 Å². The van der Waals surface area contributed by atoms with Gasteiger partial charge < -0.3 is 0 Å². The van der Waals surface area contributed by atoms with E-state index in [1.54, 1.807) is 6.92 Å². The van der Waals surface area contributed by atoms with Crippen molar-refractivity contribution in [2.24, 2.45) is 0 Å². The van der Waals surface area contributed by atoms with Crippen molar-refractivity contribution in [1.29, 1.82) is 0 Å². The lowest BCUT2D eigenvalue weighted by atomic mass is 9.80. The predicted molar refractivity (Wildman–Crippen MR) is 64.8 cm³/mol. The Kier molecular flexibility index (Phi) is 2.71. The molecular weight excluding hydrogens is 262 g/mol. The van der Waals surface area contributed by atoms with Gasteiger partial charge in [-0.15, -0.1) is 0 Å². The van der Waals surface area contributed by atoms with Gasteiger partial charge in [-0.2, -0.15) is 8.42 Å². The molecule has 0 spiro atoms. The summed E-state index contributed by atoms with van der Waals surface area (Å²) < 4.78 is 23.5. The van der Waals surface area contributed by atoms with E-state index in [0.29, 0.717) is 0 Å². The maximum absolute atomic E-state index is 11.4. The number of carbonyl (C=O) groups is 1. The molecular formula is C11H12ClNO3S. The first kappa shape index (κ1) is 12.4. The van der Waals surface area contributed by atoms with E-state index in [4.69, 9.17) is 10.7 Å². The second-order valence-corrected chi connectivity index (χ2v) is 6.73. The lowest BCUT2D eigenvalue weighted by Crippen LogP contribution is -2.60. The number of β-lactam (4-membered cyclic amide) rings is 1. The Bertz CT molecular complexity index is 584. The summed E-state index contributed by atoms with van der Waals surface area (Å²) in [6.45, 7) is 3.58. The van der Waals surface area contributed by atoms with E-state index >= 15 is 0 Å². The highest BCUT2D eigenvalue weighted by Crippen LogP contribution is 2.45. The lowest BCUT2D eigenvalue weighted by molar-refractivity contribution is -0.144. The topological polar surface area (TPSA) is 54.5 Å². The second-order valence-electron chi connectivity index (χ2n) is 4.37. The minimum atomic E-state index is -4.03. The number of nitrogens with zero attached hydrogens (tertiary/aromatic N) is 1. The molecule has 6 heteroatoms. The number of hydrogen-bond acceptors (Lipinski definition) is 3. The van der Waals surface area contributed by atoms with Gasteiger partial charge in [0, 0.05) is 10.7 Å². The van der Waals surface area contributed by atoms with E-state index in [-0.39, 0.29) is 6.42 Å². The number of carbonyl (C=O) groups excluding carboxylic acids is 1. The Balaban J connectivity index is 2.53. The van der Waals surface area contributed by atoms with Crippen LogP contribution in [0.5, 0.6) is 0 Å². The van der Waals surface area contributed by atoms with E-state index in [9.17, 15) is 13.2 Å². The van der Waals surface area contributed by atoms with Crippen LogP contribution in [0.25, 0.3) is 0 Å². The summed E-state index contributed by atoms with van der Waals surface area (Å²) in [5.74, 6) is -0.467.